The quantitative estimate of drug-likeness (QED) is 0.807. The van der Waals surface area contributed by atoms with Crippen molar-refractivity contribution in [2.24, 2.45) is 23.2 Å². The maximum atomic E-state index is 11.7. The van der Waals surface area contributed by atoms with Gasteiger partial charge in [-0.1, -0.05) is 38.1 Å². The molecule has 0 spiro atoms. The summed E-state index contributed by atoms with van der Waals surface area (Å²) in [4.78, 5) is 11.7. The van der Waals surface area contributed by atoms with Gasteiger partial charge in [-0.05, 0) is 55.3 Å². The number of aliphatic carboxylic acids is 1. The molecule has 1 aromatic rings. The minimum Gasteiger partial charge on any atom is -0.481 e. The van der Waals surface area contributed by atoms with Crippen LogP contribution >= 0.6 is 0 Å². The van der Waals surface area contributed by atoms with Gasteiger partial charge in [-0.25, -0.2) is 0 Å². The predicted molar refractivity (Wildman–Crippen MR) is 94.0 cm³/mol. The summed E-state index contributed by atoms with van der Waals surface area (Å²) in [7, 11) is 0. The van der Waals surface area contributed by atoms with Gasteiger partial charge in [-0.2, -0.15) is 0 Å². The van der Waals surface area contributed by atoms with E-state index in [-0.39, 0.29) is 17.3 Å². The molecule has 2 N–H and O–H groups in total. The summed E-state index contributed by atoms with van der Waals surface area (Å²) >= 11 is 0. The van der Waals surface area contributed by atoms with Gasteiger partial charge in [0.05, 0.1) is 19.1 Å². The molecule has 4 nitrogen and oxygen atoms in total. The van der Waals surface area contributed by atoms with Gasteiger partial charge in [-0.3, -0.25) is 4.79 Å². The molecule has 2 heterocycles. The van der Waals surface area contributed by atoms with Crippen molar-refractivity contribution in [3.8, 4) is 0 Å². The Hall–Kier alpha value is -1.39. The maximum absolute atomic E-state index is 11.7. The van der Waals surface area contributed by atoms with E-state index in [2.05, 4.69) is 43.4 Å². The Balaban J connectivity index is 1.71. The lowest BCUT2D eigenvalue weighted by Gasteiger charge is -2.45. The number of carbonyl (C=O) groups is 1. The van der Waals surface area contributed by atoms with Crippen molar-refractivity contribution in [1.82, 2.24) is 5.32 Å². The van der Waals surface area contributed by atoms with Crippen molar-refractivity contribution in [3.63, 3.8) is 0 Å². The van der Waals surface area contributed by atoms with Crippen molar-refractivity contribution in [2.75, 3.05) is 26.3 Å². The van der Waals surface area contributed by atoms with Crippen LogP contribution < -0.4 is 5.32 Å². The third-order valence-corrected chi connectivity index (χ3v) is 5.99. The topological polar surface area (TPSA) is 58.6 Å². The van der Waals surface area contributed by atoms with Crippen LogP contribution in [-0.4, -0.2) is 37.4 Å². The Morgan fingerprint density at radius 3 is 2.67 bits per heavy atom. The van der Waals surface area contributed by atoms with Gasteiger partial charge in [0.25, 0.3) is 0 Å². The van der Waals surface area contributed by atoms with Crippen molar-refractivity contribution < 1.29 is 14.6 Å². The standard InChI is InChI=1S/C20H29NO3/c1-14(2)20(12-24-13-20)10-16-5-3-4-15(8-16)9-18(19(22)23)17-6-7-21-11-17/h3-5,8,14,17-18,21H,6-7,9-13H2,1-2H3,(H,22,23)/t17-,18-/m0/s1. The first-order chi connectivity index (χ1) is 11.5. The van der Waals surface area contributed by atoms with E-state index in [4.69, 9.17) is 4.74 Å². The number of hydrogen-bond donors (Lipinski definition) is 2. The summed E-state index contributed by atoms with van der Waals surface area (Å²) in [5.41, 5.74) is 2.70. The molecule has 132 valence electrons. The summed E-state index contributed by atoms with van der Waals surface area (Å²) in [5.74, 6) is -0.124. The Morgan fingerprint density at radius 1 is 1.38 bits per heavy atom. The highest BCUT2D eigenvalue weighted by molar-refractivity contribution is 5.71. The molecule has 2 fully saturated rings. The number of hydrogen-bond acceptors (Lipinski definition) is 3. The van der Waals surface area contributed by atoms with Crippen molar-refractivity contribution in [2.45, 2.75) is 33.1 Å². The molecule has 0 amide bonds. The highest BCUT2D eigenvalue weighted by Crippen LogP contribution is 2.39. The van der Waals surface area contributed by atoms with E-state index < -0.39 is 5.97 Å². The fourth-order valence-electron chi connectivity index (χ4n) is 4.01. The largest absolute Gasteiger partial charge is 0.481 e. The molecular formula is C20H29NO3. The van der Waals surface area contributed by atoms with E-state index in [1.54, 1.807) is 0 Å². The summed E-state index contributed by atoms with van der Waals surface area (Å²) < 4.78 is 5.48. The Kier molecular flexibility index (Phi) is 5.26. The molecular weight excluding hydrogens is 302 g/mol. The van der Waals surface area contributed by atoms with Crippen molar-refractivity contribution in [1.29, 1.82) is 0 Å². The lowest BCUT2D eigenvalue weighted by Crippen LogP contribution is -2.48. The second-order valence-electron chi connectivity index (χ2n) is 7.91. The zero-order chi connectivity index (χ0) is 17.2. The Labute approximate surface area is 144 Å². The summed E-state index contributed by atoms with van der Waals surface area (Å²) in [6.45, 7) is 7.95. The third kappa shape index (κ3) is 3.65. The number of benzene rings is 1. The second-order valence-corrected chi connectivity index (χ2v) is 7.91. The van der Waals surface area contributed by atoms with Gasteiger partial charge in [0.2, 0.25) is 0 Å². The zero-order valence-electron chi connectivity index (χ0n) is 14.8. The number of rotatable bonds is 7. The average Bonchev–Trinajstić information content (AvgIpc) is 3.02. The molecule has 2 atom stereocenters. The first kappa shape index (κ1) is 17.4. The fraction of sp³-hybridized carbons (Fsp3) is 0.650. The van der Waals surface area contributed by atoms with Gasteiger partial charge in [0.1, 0.15) is 0 Å². The van der Waals surface area contributed by atoms with Crippen LogP contribution in [0.5, 0.6) is 0 Å². The van der Waals surface area contributed by atoms with E-state index >= 15 is 0 Å². The minimum atomic E-state index is -0.667. The first-order valence-electron chi connectivity index (χ1n) is 9.09. The van der Waals surface area contributed by atoms with Gasteiger partial charge in [-0.15, -0.1) is 0 Å². The molecule has 0 bridgehead atoms. The molecule has 2 aliphatic heterocycles. The predicted octanol–water partition coefficient (Wildman–Crippen LogP) is 2.75. The van der Waals surface area contributed by atoms with Gasteiger partial charge < -0.3 is 15.2 Å². The smallest absolute Gasteiger partial charge is 0.307 e. The van der Waals surface area contributed by atoms with E-state index in [1.807, 2.05) is 0 Å². The Morgan fingerprint density at radius 2 is 2.12 bits per heavy atom. The number of nitrogens with one attached hydrogen (secondary N) is 1. The number of carboxylic acids is 1. The van der Waals surface area contributed by atoms with E-state index in [0.717, 1.165) is 44.7 Å². The molecule has 2 saturated heterocycles. The summed E-state index contributed by atoms with van der Waals surface area (Å²) in [6, 6.07) is 8.52. The molecule has 24 heavy (non-hydrogen) atoms. The molecule has 0 unspecified atom stereocenters. The van der Waals surface area contributed by atoms with Crippen LogP contribution in [0.1, 0.15) is 31.4 Å². The molecule has 3 rings (SSSR count). The molecule has 0 radical (unpaired) electrons. The van der Waals surface area contributed by atoms with Gasteiger partial charge >= 0.3 is 5.97 Å². The van der Waals surface area contributed by atoms with Crippen LogP contribution in [0, 0.1) is 23.2 Å². The molecule has 1 aromatic carbocycles. The van der Waals surface area contributed by atoms with E-state index in [0.29, 0.717) is 12.3 Å². The van der Waals surface area contributed by atoms with Gasteiger partial charge in [0, 0.05) is 5.41 Å². The van der Waals surface area contributed by atoms with E-state index in [1.165, 1.54) is 5.56 Å². The van der Waals surface area contributed by atoms with Crippen LogP contribution in [0.25, 0.3) is 0 Å². The molecule has 0 aliphatic carbocycles. The average molecular weight is 331 g/mol. The highest BCUT2D eigenvalue weighted by Gasteiger charge is 2.41. The SMILES string of the molecule is CC(C)C1(Cc2cccc(C[C@H](C(=O)O)[C@H]3CCNC3)c2)COC1. The highest BCUT2D eigenvalue weighted by atomic mass is 16.5. The van der Waals surface area contributed by atoms with Crippen LogP contribution in [-0.2, 0) is 22.4 Å². The zero-order valence-corrected chi connectivity index (χ0v) is 14.8. The molecule has 4 heteroatoms. The third-order valence-electron chi connectivity index (χ3n) is 5.99. The van der Waals surface area contributed by atoms with Crippen molar-refractivity contribution in [3.05, 3.63) is 35.4 Å². The molecule has 0 aromatic heterocycles. The first-order valence-corrected chi connectivity index (χ1v) is 9.09. The van der Waals surface area contributed by atoms with Crippen LogP contribution in [0.15, 0.2) is 24.3 Å². The molecule has 0 saturated carbocycles. The second kappa shape index (κ2) is 7.24. The Bertz CT molecular complexity index is 574. The summed E-state index contributed by atoms with van der Waals surface area (Å²) in [6.07, 6.45) is 2.60. The van der Waals surface area contributed by atoms with E-state index in [9.17, 15) is 9.90 Å². The normalized spacial score (nSPS) is 23.9. The molecule has 2 aliphatic rings. The van der Waals surface area contributed by atoms with Crippen molar-refractivity contribution >= 4 is 5.97 Å². The van der Waals surface area contributed by atoms with Gasteiger partial charge in [0.15, 0.2) is 0 Å². The number of ether oxygens (including phenoxy) is 1. The lowest BCUT2D eigenvalue weighted by atomic mass is 9.71. The van der Waals surface area contributed by atoms with Crippen LogP contribution in [0.2, 0.25) is 0 Å². The lowest BCUT2D eigenvalue weighted by molar-refractivity contribution is -0.143. The maximum Gasteiger partial charge on any atom is 0.307 e. The fourth-order valence-corrected chi connectivity index (χ4v) is 4.01. The minimum absolute atomic E-state index is 0.244. The monoisotopic (exact) mass is 331 g/mol. The summed E-state index contributed by atoms with van der Waals surface area (Å²) in [5, 5.41) is 12.9. The van der Waals surface area contributed by atoms with Crippen LogP contribution in [0.4, 0.5) is 0 Å². The number of carboxylic acid groups (broad SMARTS) is 1. The van der Waals surface area contributed by atoms with Crippen LogP contribution in [0.3, 0.4) is 0 Å².